The van der Waals surface area contributed by atoms with Crippen molar-refractivity contribution in [3.05, 3.63) is 59.8 Å². The Morgan fingerprint density at radius 3 is 2.75 bits per heavy atom. The first kappa shape index (κ1) is 12.2. The number of nitrogens with zero attached hydrogens (tertiary/aromatic N) is 1. The molecule has 0 bridgehead atoms. The van der Waals surface area contributed by atoms with Crippen LogP contribution in [-0.4, -0.2) is 16.1 Å². The maximum absolute atomic E-state index is 12.1. The van der Waals surface area contributed by atoms with Crippen molar-refractivity contribution in [1.82, 2.24) is 15.5 Å². The van der Waals surface area contributed by atoms with E-state index in [4.69, 9.17) is 5.73 Å². The van der Waals surface area contributed by atoms with E-state index in [0.29, 0.717) is 17.8 Å². The van der Waals surface area contributed by atoms with Gasteiger partial charge in [-0.05, 0) is 18.2 Å². The number of anilines is 1. The average molecular weight is 266 g/mol. The summed E-state index contributed by atoms with van der Waals surface area (Å²) in [5.74, 6) is -0.193. The molecule has 0 saturated heterocycles. The monoisotopic (exact) mass is 266 g/mol. The Kier molecular flexibility index (Phi) is 3.09. The molecule has 1 aromatic heterocycles. The fourth-order valence-corrected chi connectivity index (χ4v) is 2.12. The van der Waals surface area contributed by atoms with Crippen LogP contribution in [0.1, 0.15) is 16.1 Å². The Bertz CT molecular complexity index is 763. The van der Waals surface area contributed by atoms with Gasteiger partial charge in [0.25, 0.3) is 5.91 Å². The molecular formula is C15H14N4O. The van der Waals surface area contributed by atoms with Crippen molar-refractivity contribution in [2.45, 2.75) is 6.54 Å². The molecule has 5 heteroatoms. The second-order valence-corrected chi connectivity index (χ2v) is 4.49. The zero-order chi connectivity index (χ0) is 13.9. The summed E-state index contributed by atoms with van der Waals surface area (Å²) >= 11 is 0. The summed E-state index contributed by atoms with van der Waals surface area (Å²) in [4.78, 5) is 12.1. The number of amides is 1. The van der Waals surface area contributed by atoms with E-state index in [1.54, 1.807) is 24.3 Å². The van der Waals surface area contributed by atoms with Gasteiger partial charge in [-0.25, -0.2) is 0 Å². The first-order chi connectivity index (χ1) is 9.75. The number of fused-ring (bicyclic) bond motifs is 1. The number of nitrogens with two attached hydrogens (primary N) is 1. The molecular weight excluding hydrogens is 252 g/mol. The predicted molar refractivity (Wildman–Crippen MR) is 78.1 cm³/mol. The van der Waals surface area contributed by atoms with E-state index in [-0.39, 0.29) is 5.91 Å². The second kappa shape index (κ2) is 5.05. The third kappa shape index (κ3) is 2.21. The van der Waals surface area contributed by atoms with E-state index in [1.807, 2.05) is 24.3 Å². The van der Waals surface area contributed by atoms with E-state index in [1.165, 1.54) is 0 Å². The Morgan fingerprint density at radius 2 is 1.90 bits per heavy atom. The van der Waals surface area contributed by atoms with Crippen LogP contribution in [0.4, 0.5) is 5.69 Å². The number of aromatic amines is 1. The summed E-state index contributed by atoms with van der Waals surface area (Å²) in [5, 5.41) is 11.0. The quantitative estimate of drug-likeness (QED) is 0.634. The van der Waals surface area contributed by atoms with Crippen LogP contribution in [0.2, 0.25) is 0 Å². The largest absolute Gasteiger partial charge is 0.398 e. The molecule has 0 spiro atoms. The molecule has 3 aromatic rings. The number of carbonyl (C=O) groups is 1. The molecule has 0 unspecified atom stereocenters. The Morgan fingerprint density at radius 1 is 1.15 bits per heavy atom. The van der Waals surface area contributed by atoms with Gasteiger partial charge in [0.1, 0.15) is 0 Å². The SMILES string of the molecule is Nc1ccccc1C(=O)NCc1[nH]nc2ccccc12. The number of nitrogen functional groups attached to an aromatic ring is 1. The van der Waals surface area contributed by atoms with Crippen LogP contribution in [0.3, 0.4) is 0 Å². The van der Waals surface area contributed by atoms with Crippen LogP contribution in [0.5, 0.6) is 0 Å². The van der Waals surface area contributed by atoms with Gasteiger partial charge < -0.3 is 11.1 Å². The van der Waals surface area contributed by atoms with Crippen molar-refractivity contribution in [1.29, 1.82) is 0 Å². The minimum absolute atomic E-state index is 0.193. The minimum atomic E-state index is -0.193. The third-order valence-corrected chi connectivity index (χ3v) is 3.17. The number of H-pyrrole nitrogens is 1. The van der Waals surface area contributed by atoms with Gasteiger partial charge >= 0.3 is 0 Å². The lowest BCUT2D eigenvalue weighted by molar-refractivity contribution is 0.0951. The number of hydrogen-bond acceptors (Lipinski definition) is 3. The van der Waals surface area contributed by atoms with E-state index >= 15 is 0 Å². The van der Waals surface area contributed by atoms with Gasteiger partial charge in [0.15, 0.2) is 0 Å². The number of hydrogen-bond donors (Lipinski definition) is 3. The molecule has 20 heavy (non-hydrogen) atoms. The first-order valence-corrected chi connectivity index (χ1v) is 6.30. The predicted octanol–water partition coefficient (Wildman–Crippen LogP) is 2.08. The maximum Gasteiger partial charge on any atom is 0.253 e. The lowest BCUT2D eigenvalue weighted by atomic mass is 10.1. The molecule has 4 N–H and O–H groups in total. The second-order valence-electron chi connectivity index (χ2n) is 4.49. The van der Waals surface area contributed by atoms with Crippen molar-refractivity contribution < 1.29 is 4.79 Å². The van der Waals surface area contributed by atoms with Crippen LogP contribution in [0.25, 0.3) is 10.9 Å². The normalized spacial score (nSPS) is 10.6. The smallest absolute Gasteiger partial charge is 0.253 e. The number of rotatable bonds is 3. The number of carbonyl (C=O) groups excluding carboxylic acids is 1. The standard InChI is InChI=1S/C15H14N4O/c16-12-7-3-1-5-10(12)15(20)17-9-14-11-6-2-4-8-13(11)18-19-14/h1-8H,9,16H2,(H,17,20)(H,18,19). The molecule has 1 amide bonds. The zero-order valence-electron chi connectivity index (χ0n) is 10.8. The first-order valence-electron chi connectivity index (χ1n) is 6.30. The molecule has 0 aliphatic rings. The molecule has 5 nitrogen and oxygen atoms in total. The van der Waals surface area contributed by atoms with Gasteiger partial charge in [0, 0.05) is 11.1 Å². The summed E-state index contributed by atoms with van der Waals surface area (Å²) in [6.07, 6.45) is 0. The summed E-state index contributed by atoms with van der Waals surface area (Å²) in [6, 6.07) is 14.8. The molecule has 0 fully saturated rings. The highest BCUT2D eigenvalue weighted by Gasteiger charge is 2.10. The third-order valence-electron chi connectivity index (χ3n) is 3.17. The fourth-order valence-electron chi connectivity index (χ4n) is 2.12. The highest BCUT2D eigenvalue weighted by atomic mass is 16.1. The number of para-hydroxylation sites is 2. The van der Waals surface area contributed by atoms with Crippen molar-refractivity contribution in [3.63, 3.8) is 0 Å². The molecule has 0 aliphatic carbocycles. The van der Waals surface area contributed by atoms with Gasteiger partial charge in [0.2, 0.25) is 0 Å². The van der Waals surface area contributed by atoms with Gasteiger partial charge in [-0.15, -0.1) is 0 Å². The number of benzene rings is 2. The molecule has 1 heterocycles. The molecule has 3 rings (SSSR count). The summed E-state index contributed by atoms with van der Waals surface area (Å²) < 4.78 is 0. The highest BCUT2D eigenvalue weighted by molar-refractivity contribution is 5.99. The summed E-state index contributed by atoms with van der Waals surface area (Å²) in [5.41, 5.74) is 8.50. The van der Waals surface area contributed by atoms with Crippen LogP contribution in [0.15, 0.2) is 48.5 Å². The van der Waals surface area contributed by atoms with E-state index in [2.05, 4.69) is 15.5 Å². The molecule has 0 aliphatic heterocycles. The van der Waals surface area contributed by atoms with Crippen LogP contribution in [-0.2, 0) is 6.54 Å². The summed E-state index contributed by atoms with van der Waals surface area (Å²) in [7, 11) is 0. The van der Waals surface area contributed by atoms with Crippen LogP contribution < -0.4 is 11.1 Å². The molecule has 0 atom stereocenters. The van der Waals surface area contributed by atoms with E-state index in [0.717, 1.165) is 16.6 Å². The van der Waals surface area contributed by atoms with Crippen molar-refractivity contribution in [2.24, 2.45) is 0 Å². The van der Waals surface area contributed by atoms with Gasteiger partial charge in [-0.1, -0.05) is 30.3 Å². The fraction of sp³-hybridized carbons (Fsp3) is 0.0667. The minimum Gasteiger partial charge on any atom is -0.398 e. The number of nitrogens with one attached hydrogen (secondary N) is 2. The maximum atomic E-state index is 12.1. The Labute approximate surface area is 115 Å². The Hall–Kier alpha value is -2.82. The Balaban J connectivity index is 1.77. The topological polar surface area (TPSA) is 83.8 Å². The van der Waals surface area contributed by atoms with Crippen LogP contribution >= 0.6 is 0 Å². The molecule has 2 aromatic carbocycles. The zero-order valence-corrected chi connectivity index (χ0v) is 10.8. The van der Waals surface area contributed by atoms with E-state index in [9.17, 15) is 4.79 Å². The average Bonchev–Trinajstić information content (AvgIpc) is 2.88. The van der Waals surface area contributed by atoms with Gasteiger partial charge in [-0.2, -0.15) is 5.10 Å². The van der Waals surface area contributed by atoms with Crippen LogP contribution in [0, 0.1) is 0 Å². The highest BCUT2D eigenvalue weighted by Crippen LogP contribution is 2.15. The molecule has 0 saturated carbocycles. The van der Waals surface area contributed by atoms with Crippen molar-refractivity contribution >= 4 is 22.5 Å². The number of aromatic nitrogens is 2. The van der Waals surface area contributed by atoms with E-state index < -0.39 is 0 Å². The van der Waals surface area contributed by atoms with Crippen molar-refractivity contribution in [2.75, 3.05) is 5.73 Å². The lowest BCUT2D eigenvalue weighted by Gasteiger charge is -2.06. The van der Waals surface area contributed by atoms with Gasteiger partial charge in [-0.3, -0.25) is 9.89 Å². The summed E-state index contributed by atoms with van der Waals surface area (Å²) in [6.45, 7) is 0.383. The lowest BCUT2D eigenvalue weighted by Crippen LogP contribution is -2.24. The van der Waals surface area contributed by atoms with Gasteiger partial charge in [0.05, 0.1) is 23.3 Å². The molecule has 0 radical (unpaired) electrons. The molecule has 100 valence electrons. The van der Waals surface area contributed by atoms with Crippen molar-refractivity contribution in [3.8, 4) is 0 Å².